The minimum Gasteiger partial charge on any atom is -0.460 e. The molecule has 0 aliphatic carbocycles. The first-order chi connectivity index (χ1) is 20.6. The smallest absolute Gasteiger partial charge is 0.416 e. The summed E-state index contributed by atoms with van der Waals surface area (Å²) in [6.45, 7) is 2.95. The highest BCUT2D eigenvalue weighted by Gasteiger charge is 2.32. The van der Waals surface area contributed by atoms with E-state index in [0.29, 0.717) is 18.6 Å². The van der Waals surface area contributed by atoms with Crippen LogP contribution in [0.5, 0.6) is 5.75 Å². The van der Waals surface area contributed by atoms with Gasteiger partial charge in [0.2, 0.25) is 5.91 Å². The van der Waals surface area contributed by atoms with Crippen LogP contribution in [0.15, 0.2) is 91.1 Å². The summed E-state index contributed by atoms with van der Waals surface area (Å²) in [5.74, 6) is -2.64. The molecule has 0 atom stereocenters. The molecular formula is C34H42F3NO5. The number of benzene rings is 1. The Labute approximate surface area is 252 Å². The van der Waals surface area contributed by atoms with Crippen molar-refractivity contribution in [1.82, 2.24) is 5.32 Å². The number of amides is 1. The number of rotatable bonds is 19. The second-order valence-electron chi connectivity index (χ2n) is 9.24. The van der Waals surface area contributed by atoms with Crippen molar-refractivity contribution in [3.05, 3.63) is 102 Å². The molecule has 0 saturated carbocycles. The molecule has 0 fully saturated rings. The van der Waals surface area contributed by atoms with Crippen LogP contribution in [0, 0.1) is 0 Å². The van der Waals surface area contributed by atoms with E-state index in [4.69, 9.17) is 9.47 Å². The molecule has 0 bridgehead atoms. The minimum atomic E-state index is -4.67. The highest BCUT2D eigenvalue weighted by molar-refractivity contribution is 5.93. The monoisotopic (exact) mass is 601 g/mol. The van der Waals surface area contributed by atoms with Gasteiger partial charge in [0.1, 0.15) is 17.9 Å². The van der Waals surface area contributed by atoms with Gasteiger partial charge in [0.25, 0.3) is 0 Å². The molecule has 0 aliphatic heterocycles. The average Bonchev–Trinajstić information content (AvgIpc) is 2.95. The van der Waals surface area contributed by atoms with E-state index in [1.165, 1.54) is 0 Å². The normalized spacial score (nSPS) is 12.5. The van der Waals surface area contributed by atoms with Crippen LogP contribution in [-0.4, -0.2) is 31.0 Å². The summed E-state index contributed by atoms with van der Waals surface area (Å²) in [5, 5.41) is 2.61. The lowest BCUT2D eigenvalue weighted by atomic mass is 10.1. The number of carbonyl (C=O) groups excluding carboxylic acids is 3. The summed E-state index contributed by atoms with van der Waals surface area (Å²) >= 11 is 0. The minimum absolute atomic E-state index is 0.0257. The summed E-state index contributed by atoms with van der Waals surface area (Å²) < 4.78 is 48.6. The molecule has 43 heavy (non-hydrogen) atoms. The maximum atomic E-state index is 12.9. The van der Waals surface area contributed by atoms with E-state index in [1.54, 1.807) is 0 Å². The van der Waals surface area contributed by atoms with Gasteiger partial charge in [-0.3, -0.25) is 9.59 Å². The summed E-state index contributed by atoms with van der Waals surface area (Å²) in [6.07, 6.45) is 27.0. The van der Waals surface area contributed by atoms with Crippen molar-refractivity contribution in [2.24, 2.45) is 0 Å². The molecule has 0 saturated heterocycles. The number of carbonyl (C=O) groups is 3. The molecule has 1 N–H and O–H groups in total. The summed E-state index contributed by atoms with van der Waals surface area (Å²) in [5.41, 5.74) is -1.40. The average molecular weight is 602 g/mol. The van der Waals surface area contributed by atoms with Gasteiger partial charge >= 0.3 is 18.1 Å². The fourth-order valence-corrected chi connectivity index (χ4v) is 3.46. The van der Waals surface area contributed by atoms with E-state index in [-0.39, 0.29) is 31.0 Å². The quantitative estimate of drug-likeness (QED) is 0.0746. The van der Waals surface area contributed by atoms with E-state index in [0.717, 1.165) is 51.5 Å². The van der Waals surface area contributed by atoms with Crippen LogP contribution in [0.1, 0.15) is 81.1 Å². The van der Waals surface area contributed by atoms with Crippen LogP contribution in [0.4, 0.5) is 13.2 Å². The molecule has 0 radical (unpaired) electrons. The zero-order valence-electron chi connectivity index (χ0n) is 24.9. The van der Waals surface area contributed by atoms with Gasteiger partial charge in [-0.15, -0.1) is 0 Å². The molecule has 0 aromatic heterocycles. The van der Waals surface area contributed by atoms with Crippen LogP contribution in [0.3, 0.4) is 0 Å². The van der Waals surface area contributed by atoms with Crippen molar-refractivity contribution in [2.45, 2.75) is 71.4 Å². The van der Waals surface area contributed by atoms with Crippen molar-refractivity contribution in [3.63, 3.8) is 0 Å². The number of nitrogens with one attached hydrogen (secondary N) is 1. The maximum absolute atomic E-state index is 12.9. The van der Waals surface area contributed by atoms with Crippen molar-refractivity contribution < 1.29 is 37.0 Å². The summed E-state index contributed by atoms with van der Waals surface area (Å²) in [7, 11) is 0. The first-order valence-corrected chi connectivity index (χ1v) is 14.4. The molecule has 0 spiro atoms. The molecule has 1 aromatic rings. The fraction of sp³-hybridized carbons (Fsp3) is 0.382. The molecule has 9 heteroatoms. The number of ether oxygens (including phenoxy) is 2. The summed E-state index contributed by atoms with van der Waals surface area (Å²) in [6, 6.07) is 2.14. The Bertz CT molecular complexity index is 1180. The van der Waals surface area contributed by atoms with E-state index in [2.05, 4.69) is 73.0 Å². The Hall–Kier alpha value is -4.14. The molecule has 6 nitrogen and oxygen atoms in total. The van der Waals surface area contributed by atoms with Gasteiger partial charge in [0, 0.05) is 13.3 Å². The number of hydrogen-bond acceptors (Lipinski definition) is 5. The lowest BCUT2D eigenvalue weighted by molar-refractivity contribution is -0.138. The van der Waals surface area contributed by atoms with Crippen LogP contribution in [-0.2, 0) is 20.5 Å². The van der Waals surface area contributed by atoms with E-state index >= 15 is 0 Å². The maximum Gasteiger partial charge on any atom is 0.416 e. The SMILES string of the molecule is CCC=CCC=CCC=CCC=CCC=CCC=CCCC(=O)NCCOC(=O)c1ccc(C(F)(F)F)cc1OC(C)=O. The second-order valence-corrected chi connectivity index (χ2v) is 9.24. The molecule has 0 unspecified atom stereocenters. The highest BCUT2D eigenvalue weighted by Crippen LogP contribution is 2.33. The Morgan fingerprint density at radius 3 is 1.79 bits per heavy atom. The van der Waals surface area contributed by atoms with Crippen LogP contribution < -0.4 is 10.1 Å². The van der Waals surface area contributed by atoms with E-state index < -0.39 is 29.4 Å². The lowest BCUT2D eigenvalue weighted by Crippen LogP contribution is -2.27. The van der Waals surface area contributed by atoms with Crippen LogP contribution in [0.2, 0.25) is 0 Å². The number of halogens is 3. The van der Waals surface area contributed by atoms with Crippen molar-refractivity contribution in [3.8, 4) is 5.75 Å². The third-order valence-corrected chi connectivity index (χ3v) is 5.57. The Morgan fingerprint density at radius 1 is 0.791 bits per heavy atom. The molecule has 0 heterocycles. The van der Waals surface area contributed by atoms with Crippen LogP contribution in [0.25, 0.3) is 0 Å². The van der Waals surface area contributed by atoms with Crippen molar-refractivity contribution in [2.75, 3.05) is 13.2 Å². The van der Waals surface area contributed by atoms with E-state index in [9.17, 15) is 27.6 Å². The Morgan fingerprint density at radius 2 is 1.30 bits per heavy atom. The third kappa shape index (κ3) is 18.8. The number of alkyl halides is 3. The number of hydrogen-bond donors (Lipinski definition) is 1. The molecular weight excluding hydrogens is 559 g/mol. The molecule has 234 valence electrons. The van der Waals surface area contributed by atoms with Gasteiger partial charge in [-0.1, -0.05) is 79.8 Å². The van der Waals surface area contributed by atoms with Gasteiger partial charge < -0.3 is 14.8 Å². The Kier molecular flexibility index (Phi) is 19.3. The lowest BCUT2D eigenvalue weighted by Gasteiger charge is -2.13. The Balaban J connectivity index is 2.19. The predicted octanol–water partition coefficient (Wildman–Crippen LogP) is 8.38. The molecule has 1 rings (SSSR count). The highest BCUT2D eigenvalue weighted by atomic mass is 19.4. The number of allylic oxidation sites excluding steroid dienone is 12. The zero-order chi connectivity index (χ0) is 31.8. The first-order valence-electron chi connectivity index (χ1n) is 14.4. The topological polar surface area (TPSA) is 81.7 Å². The second kappa shape index (κ2) is 22.5. The standard InChI is InChI=1S/C34H42F3NO5/c1-3-4-5-6-7-8-9-10-11-12-13-14-15-16-17-18-19-20-21-22-32(40)38-25-26-42-33(41)30-24-23-29(34(35,36)37)27-31(30)43-28(2)39/h4-5,7-8,10-11,13-14,16-17,19-20,23-24,27H,3,6,9,12,15,18,21-22,25-26H2,1-2H3,(H,38,40). The third-order valence-electron chi connectivity index (χ3n) is 5.57. The molecule has 1 aromatic carbocycles. The number of esters is 2. The van der Waals surface area contributed by atoms with Gasteiger partial charge in [0.05, 0.1) is 12.1 Å². The van der Waals surface area contributed by atoms with E-state index in [1.807, 2.05) is 12.2 Å². The largest absolute Gasteiger partial charge is 0.460 e. The summed E-state index contributed by atoms with van der Waals surface area (Å²) in [4.78, 5) is 35.5. The van der Waals surface area contributed by atoms with Gasteiger partial charge in [-0.2, -0.15) is 13.2 Å². The zero-order valence-corrected chi connectivity index (χ0v) is 24.9. The van der Waals surface area contributed by atoms with Crippen LogP contribution >= 0.6 is 0 Å². The van der Waals surface area contributed by atoms with Crippen molar-refractivity contribution in [1.29, 1.82) is 0 Å². The fourth-order valence-electron chi connectivity index (χ4n) is 3.46. The van der Waals surface area contributed by atoms with Crippen molar-refractivity contribution >= 4 is 17.8 Å². The molecule has 0 aliphatic rings. The van der Waals surface area contributed by atoms with Gasteiger partial charge in [-0.05, 0) is 63.1 Å². The van der Waals surface area contributed by atoms with Gasteiger partial charge in [0.15, 0.2) is 0 Å². The molecule has 1 amide bonds. The first kappa shape index (κ1) is 36.9. The predicted molar refractivity (Wildman–Crippen MR) is 163 cm³/mol. The van der Waals surface area contributed by atoms with Gasteiger partial charge in [-0.25, -0.2) is 4.79 Å².